The summed E-state index contributed by atoms with van der Waals surface area (Å²) in [6, 6.07) is 10.9. The van der Waals surface area contributed by atoms with E-state index >= 15 is 0 Å². The molecule has 0 saturated heterocycles. The van der Waals surface area contributed by atoms with Crippen molar-refractivity contribution in [3.8, 4) is 17.6 Å². The van der Waals surface area contributed by atoms with Gasteiger partial charge in [-0.15, -0.1) is 0 Å². The van der Waals surface area contributed by atoms with Gasteiger partial charge in [0.15, 0.2) is 11.5 Å². The number of alkyl halides is 3. The zero-order valence-electron chi connectivity index (χ0n) is 17.3. The van der Waals surface area contributed by atoms with Gasteiger partial charge in [-0.2, -0.15) is 18.4 Å². The number of hydrogen-bond donors (Lipinski definition) is 1. The average molecular weight is 432 g/mol. The van der Waals surface area contributed by atoms with E-state index in [2.05, 4.69) is 12.2 Å². The summed E-state index contributed by atoms with van der Waals surface area (Å²) in [6.07, 6.45) is -0.174. The van der Waals surface area contributed by atoms with E-state index in [0.717, 1.165) is 31.4 Å². The summed E-state index contributed by atoms with van der Waals surface area (Å²) in [4.78, 5) is 12.4. The van der Waals surface area contributed by atoms with Crippen molar-refractivity contribution in [1.29, 1.82) is 5.26 Å². The Balaban J connectivity index is 2.17. The number of ether oxygens (including phenoxy) is 2. The molecule has 0 aromatic heterocycles. The minimum absolute atomic E-state index is 0.0608. The molecule has 8 heteroatoms. The molecule has 5 nitrogen and oxygen atoms in total. The molecule has 0 aliphatic heterocycles. The number of nitrogens with zero attached hydrogens (tertiary/aromatic N) is 1. The second-order valence-electron chi connectivity index (χ2n) is 6.67. The maximum absolute atomic E-state index is 12.8. The van der Waals surface area contributed by atoms with Crippen molar-refractivity contribution in [3.05, 3.63) is 59.2 Å². The molecule has 0 heterocycles. The number of rotatable bonds is 9. The van der Waals surface area contributed by atoms with Gasteiger partial charge in [0.05, 0.1) is 19.3 Å². The highest BCUT2D eigenvalue weighted by Crippen LogP contribution is 2.31. The van der Waals surface area contributed by atoms with Crippen LogP contribution in [-0.2, 0) is 11.0 Å². The monoisotopic (exact) mass is 432 g/mol. The SMILES string of the molecule is CCCCCOc1ccc(/C=C(\C#N)C(=O)Nc2cccc(C(F)(F)F)c2)cc1OC. The van der Waals surface area contributed by atoms with Crippen LogP contribution in [0.4, 0.5) is 18.9 Å². The van der Waals surface area contributed by atoms with Gasteiger partial charge in [0.1, 0.15) is 11.6 Å². The number of nitriles is 1. The molecule has 0 spiro atoms. The van der Waals surface area contributed by atoms with Crippen molar-refractivity contribution in [3.63, 3.8) is 0 Å². The Kier molecular flexibility index (Phi) is 8.50. The normalized spacial score (nSPS) is 11.5. The summed E-state index contributed by atoms with van der Waals surface area (Å²) >= 11 is 0. The summed E-state index contributed by atoms with van der Waals surface area (Å²) in [6.45, 7) is 2.64. The highest BCUT2D eigenvalue weighted by atomic mass is 19.4. The van der Waals surface area contributed by atoms with Crippen LogP contribution in [-0.4, -0.2) is 19.6 Å². The van der Waals surface area contributed by atoms with Gasteiger partial charge in [-0.05, 0) is 48.4 Å². The number of unbranched alkanes of at least 4 members (excludes halogenated alkanes) is 2. The molecule has 2 aromatic rings. The van der Waals surface area contributed by atoms with Crippen LogP contribution in [0, 0.1) is 11.3 Å². The van der Waals surface area contributed by atoms with Crippen molar-refractivity contribution >= 4 is 17.7 Å². The van der Waals surface area contributed by atoms with E-state index in [1.54, 1.807) is 24.3 Å². The van der Waals surface area contributed by atoms with Crippen molar-refractivity contribution in [2.24, 2.45) is 0 Å². The molecule has 0 aliphatic rings. The Morgan fingerprint density at radius 3 is 2.58 bits per heavy atom. The topological polar surface area (TPSA) is 71.3 Å². The van der Waals surface area contributed by atoms with Gasteiger partial charge < -0.3 is 14.8 Å². The predicted molar refractivity (Wildman–Crippen MR) is 112 cm³/mol. The first-order valence-electron chi connectivity index (χ1n) is 9.69. The van der Waals surface area contributed by atoms with Crippen LogP contribution < -0.4 is 14.8 Å². The fourth-order valence-electron chi connectivity index (χ4n) is 2.71. The van der Waals surface area contributed by atoms with Crippen LogP contribution in [0.25, 0.3) is 6.08 Å². The summed E-state index contributed by atoms with van der Waals surface area (Å²) in [7, 11) is 1.48. The second kappa shape index (κ2) is 11.1. The standard InChI is InChI=1S/C23H23F3N2O3/c1-3-4-5-11-31-20-10-9-16(13-21(20)30-2)12-17(15-27)22(29)28-19-8-6-7-18(14-19)23(24,25)26/h6-10,12-14H,3-5,11H2,1-2H3,(H,28,29)/b17-12+. The summed E-state index contributed by atoms with van der Waals surface area (Å²) in [5, 5.41) is 11.7. The third-order valence-electron chi connectivity index (χ3n) is 4.32. The molecule has 0 bridgehead atoms. The number of nitrogens with one attached hydrogen (secondary N) is 1. The van der Waals surface area contributed by atoms with E-state index in [9.17, 15) is 23.2 Å². The molecular weight excluding hydrogens is 409 g/mol. The number of hydrogen-bond acceptors (Lipinski definition) is 4. The van der Waals surface area contributed by atoms with Crippen LogP contribution >= 0.6 is 0 Å². The molecule has 0 saturated carbocycles. The third kappa shape index (κ3) is 7.07. The van der Waals surface area contributed by atoms with Crippen LogP contribution in [0.15, 0.2) is 48.0 Å². The van der Waals surface area contributed by atoms with Crippen LogP contribution in [0.3, 0.4) is 0 Å². The van der Waals surface area contributed by atoms with Gasteiger partial charge in [0.2, 0.25) is 0 Å². The number of carbonyl (C=O) groups is 1. The fraction of sp³-hybridized carbons (Fsp3) is 0.304. The first kappa shape index (κ1) is 23.8. The molecular formula is C23H23F3N2O3. The average Bonchev–Trinajstić information content (AvgIpc) is 2.75. The molecule has 2 aromatic carbocycles. The molecule has 2 rings (SSSR count). The summed E-state index contributed by atoms with van der Waals surface area (Å²) in [5.41, 5.74) is -0.717. The van der Waals surface area contributed by atoms with E-state index in [-0.39, 0.29) is 11.3 Å². The van der Waals surface area contributed by atoms with Crippen molar-refractivity contribution in [2.75, 3.05) is 19.0 Å². The van der Waals surface area contributed by atoms with Gasteiger partial charge in [-0.3, -0.25) is 4.79 Å². The minimum atomic E-state index is -4.54. The maximum Gasteiger partial charge on any atom is 0.416 e. The van der Waals surface area contributed by atoms with Gasteiger partial charge in [-0.1, -0.05) is 31.9 Å². The Morgan fingerprint density at radius 1 is 1.16 bits per heavy atom. The largest absolute Gasteiger partial charge is 0.493 e. The molecule has 0 radical (unpaired) electrons. The first-order chi connectivity index (χ1) is 14.8. The molecule has 0 aliphatic carbocycles. The molecule has 1 N–H and O–H groups in total. The molecule has 0 unspecified atom stereocenters. The zero-order valence-corrected chi connectivity index (χ0v) is 17.3. The lowest BCUT2D eigenvalue weighted by Gasteiger charge is -2.11. The molecule has 0 atom stereocenters. The van der Waals surface area contributed by atoms with Crippen molar-refractivity contribution in [1.82, 2.24) is 0 Å². The predicted octanol–water partition coefficient (Wildman–Crippen LogP) is 5.83. The summed E-state index contributed by atoms with van der Waals surface area (Å²) in [5.74, 6) is 0.171. The van der Waals surface area contributed by atoms with E-state index in [4.69, 9.17) is 9.47 Å². The van der Waals surface area contributed by atoms with Crippen LogP contribution in [0.5, 0.6) is 11.5 Å². The molecule has 164 valence electrons. The number of amides is 1. The number of methoxy groups -OCH3 is 1. The lowest BCUT2D eigenvalue weighted by Crippen LogP contribution is -2.14. The number of carbonyl (C=O) groups excluding carboxylic acids is 1. The Hall–Kier alpha value is -3.47. The molecule has 0 fully saturated rings. The van der Waals surface area contributed by atoms with E-state index in [1.165, 1.54) is 25.3 Å². The Morgan fingerprint density at radius 2 is 1.94 bits per heavy atom. The summed E-state index contributed by atoms with van der Waals surface area (Å²) < 4.78 is 49.5. The lowest BCUT2D eigenvalue weighted by atomic mass is 10.1. The molecule has 31 heavy (non-hydrogen) atoms. The van der Waals surface area contributed by atoms with E-state index in [1.807, 2.05) is 0 Å². The van der Waals surface area contributed by atoms with Gasteiger partial charge in [0.25, 0.3) is 5.91 Å². The van der Waals surface area contributed by atoms with Gasteiger partial charge in [-0.25, -0.2) is 0 Å². The van der Waals surface area contributed by atoms with E-state index < -0.39 is 17.6 Å². The van der Waals surface area contributed by atoms with E-state index in [0.29, 0.717) is 23.7 Å². The van der Waals surface area contributed by atoms with Crippen LogP contribution in [0.1, 0.15) is 37.3 Å². The minimum Gasteiger partial charge on any atom is -0.493 e. The smallest absolute Gasteiger partial charge is 0.416 e. The highest BCUT2D eigenvalue weighted by molar-refractivity contribution is 6.09. The molecule has 1 amide bonds. The highest BCUT2D eigenvalue weighted by Gasteiger charge is 2.30. The third-order valence-corrected chi connectivity index (χ3v) is 4.32. The number of halogens is 3. The van der Waals surface area contributed by atoms with Gasteiger partial charge in [0, 0.05) is 5.69 Å². The van der Waals surface area contributed by atoms with Crippen molar-refractivity contribution < 1.29 is 27.4 Å². The Labute approximate surface area is 179 Å². The first-order valence-corrected chi connectivity index (χ1v) is 9.69. The zero-order chi connectivity index (χ0) is 22.9. The quantitative estimate of drug-likeness (QED) is 0.308. The Bertz CT molecular complexity index is 979. The number of benzene rings is 2. The lowest BCUT2D eigenvalue weighted by molar-refractivity contribution is -0.137. The van der Waals surface area contributed by atoms with Crippen molar-refractivity contribution in [2.45, 2.75) is 32.4 Å². The van der Waals surface area contributed by atoms with Gasteiger partial charge >= 0.3 is 6.18 Å². The maximum atomic E-state index is 12.8. The fourth-order valence-corrected chi connectivity index (χ4v) is 2.71. The second-order valence-corrected chi connectivity index (χ2v) is 6.67. The van der Waals surface area contributed by atoms with Crippen LogP contribution in [0.2, 0.25) is 0 Å². The number of anilines is 1.